The van der Waals surface area contributed by atoms with Gasteiger partial charge in [0.1, 0.15) is 5.92 Å². The fourth-order valence-corrected chi connectivity index (χ4v) is 3.92. The van der Waals surface area contributed by atoms with Crippen molar-refractivity contribution in [3.05, 3.63) is 69.8 Å². The molecule has 2 amide bonds. The van der Waals surface area contributed by atoms with Gasteiger partial charge in [-0.1, -0.05) is 36.4 Å². The summed E-state index contributed by atoms with van der Waals surface area (Å²) in [6.07, 6.45) is -5.45. The quantitative estimate of drug-likeness (QED) is 0.417. The zero-order valence-corrected chi connectivity index (χ0v) is 16.8. The van der Waals surface area contributed by atoms with Crippen molar-refractivity contribution in [3.8, 4) is 5.75 Å². The van der Waals surface area contributed by atoms with Gasteiger partial charge in [-0.25, -0.2) is 4.79 Å². The van der Waals surface area contributed by atoms with Crippen molar-refractivity contribution >= 4 is 17.5 Å². The molecule has 1 heterocycles. The highest BCUT2D eigenvalue weighted by molar-refractivity contribution is 6.00. The molecule has 170 valence electrons. The van der Waals surface area contributed by atoms with Crippen molar-refractivity contribution in [1.82, 2.24) is 9.80 Å². The van der Waals surface area contributed by atoms with Crippen LogP contribution in [0.2, 0.25) is 0 Å². The molecule has 2 aromatic rings. The first-order valence-electron chi connectivity index (χ1n) is 9.18. The molecular formula is C20H18F3N3O6. The number of carbonyl (C=O) groups excluding carboxylic acids is 2. The maximum atomic E-state index is 14.2. The third kappa shape index (κ3) is 3.42. The smallest absolute Gasteiger partial charge is 0.437 e. The second-order valence-corrected chi connectivity index (χ2v) is 7.33. The molecule has 0 saturated carbocycles. The Morgan fingerprint density at radius 1 is 1.16 bits per heavy atom. The molecule has 3 atom stereocenters. The van der Waals surface area contributed by atoms with Crippen molar-refractivity contribution in [2.75, 3.05) is 14.1 Å². The number of hydrogen-bond donors (Lipinski definition) is 2. The van der Waals surface area contributed by atoms with E-state index in [1.54, 1.807) is 0 Å². The van der Waals surface area contributed by atoms with Crippen LogP contribution in [0.25, 0.3) is 0 Å². The number of ketones is 1. The van der Waals surface area contributed by atoms with Crippen molar-refractivity contribution in [3.63, 3.8) is 0 Å². The van der Waals surface area contributed by atoms with Crippen molar-refractivity contribution in [2.45, 2.75) is 17.9 Å². The van der Waals surface area contributed by atoms with Gasteiger partial charge in [-0.2, -0.15) is 13.2 Å². The molecule has 0 aromatic heterocycles. The Morgan fingerprint density at radius 3 is 2.28 bits per heavy atom. The number of rotatable bonds is 4. The number of phenolic OH excluding ortho intramolecular Hbond substituents is 1. The van der Waals surface area contributed by atoms with E-state index in [2.05, 4.69) is 0 Å². The molecule has 1 aliphatic rings. The average molecular weight is 453 g/mol. The summed E-state index contributed by atoms with van der Waals surface area (Å²) in [5.74, 6) is -4.18. The van der Waals surface area contributed by atoms with E-state index in [9.17, 15) is 43.1 Å². The minimum Gasteiger partial charge on any atom is -0.502 e. The normalized spacial score (nSPS) is 23.9. The van der Waals surface area contributed by atoms with Gasteiger partial charge in [0.05, 0.1) is 11.0 Å². The lowest BCUT2D eigenvalue weighted by Crippen LogP contribution is -2.73. The summed E-state index contributed by atoms with van der Waals surface area (Å²) in [5.41, 5.74) is -5.14. The van der Waals surface area contributed by atoms with Crippen molar-refractivity contribution in [1.29, 1.82) is 0 Å². The minimum atomic E-state index is -5.45. The number of nitrogens with zero attached hydrogens (tertiary/aromatic N) is 3. The number of benzene rings is 2. The van der Waals surface area contributed by atoms with E-state index in [-0.39, 0.29) is 16.0 Å². The first-order valence-corrected chi connectivity index (χ1v) is 9.18. The number of aliphatic hydroxyl groups is 1. The van der Waals surface area contributed by atoms with Crippen LogP contribution in [0.3, 0.4) is 0 Å². The second kappa shape index (κ2) is 7.79. The lowest BCUT2D eigenvalue weighted by molar-refractivity contribution is -0.386. The summed E-state index contributed by atoms with van der Waals surface area (Å²) in [7, 11) is 1.83. The number of aromatic hydroxyl groups is 1. The number of nitro groups is 1. The van der Waals surface area contributed by atoms with Crippen LogP contribution < -0.4 is 0 Å². The molecule has 3 unspecified atom stereocenters. The van der Waals surface area contributed by atoms with Crippen molar-refractivity contribution in [2.24, 2.45) is 5.92 Å². The summed E-state index contributed by atoms with van der Waals surface area (Å²) >= 11 is 0. The van der Waals surface area contributed by atoms with E-state index in [0.29, 0.717) is 7.05 Å². The number of Topliss-reactive ketones (excluding diaryl/α,β-unsaturated/α-hetero) is 1. The molecule has 2 aromatic carbocycles. The molecule has 9 nitrogen and oxygen atoms in total. The van der Waals surface area contributed by atoms with Crippen LogP contribution in [0.15, 0.2) is 48.5 Å². The minimum absolute atomic E-state index is 0.0316. The molecule has 1 aliphatic heterocycles. The van der Waals surface area contributed by atoms with E-state index >= 15 is 0 Å². The maximum Gasteiger partial charge on any atom is 0.437 e. The number of nitro benzene ring substituents is 1. The second-order valence-electron chi connectivity index (χ2n) is 7.33. The number of alkyl halides is 3. The average Bonchev–Trinajstić information content (AvgIpc) is 2.74. The number of urea groups is 1. The van der Waals surface area contributed by atoms with E-state index in [4.69, 9.17) is 0 Å². The third-order valence-corrected chi connectivity index (χ3v) is 5.56. The summed E-state index contributed by atoms with van der Waals surface area (Å²) in [4.78, 5) is 37.1. The van der Waals surface area contributed by atoms with Crippen LogP contribution in [0, 0.1) is 16.0 Å². The summed E-state index contributed by atoms with van der Waals surface area (Å²) < 4.78 is 42.6. The Kier molecular flexibility index (Phi) is 5.60. The van der Waals surface area contributed by atoms with Crippen LogP contribution in [-0.4, -0.2) is 62.7 Å². The van der Waals surface area contributed by atoms with Crippen molar-refractivity contribution < 1.29 is 37.9 Å². The Morgan fingerprint density at radius 2 is 1.75 bits per heavy atom. The predicted octanol–water partition coefficient (Wildman–Crippen LogP) is 3.09. The molecule has 32 heavy (non-hydrogen) atoms. The fourth-order valence-electron chi connectivity index (χ4n) is 3.92. The molecule has 0 aliphatic carbocycles. The van der Waals surface area contributed by atoms with Gasteiger partial charge in [-0.05, 0) is 11.6 Å². The summed E-state index contributed by atoms with van der Waals surface area (Å²) in [6, 6.07) is 6.60. The van der Waals surface area contributed by atoms with Gasteiger partial charge in [-0.15, -0.1) is 0 Å². The molecule has 0 spiro atoms. The van der Waals surface area contributed by atoms with Crippen LogP contribution >= 0.6 is 0 Å². The predicted molar refractivity (Wildman–Crippen MR) is 104 cm³/mol. The molecule has 3 rings (SSSR count). The Hall–Kier alpha value is -3.67. The van der Waals surface area contributed by atoms with Gasteiger partial charge in [0.15, 0.2) is 11.5 Å². The summed E-state index contributed by atoms with van der Waals surface area (Å²) in [5, 5.41) is 31.8. The van der Waals surface area contributed by atoms with E-state index in [1.165, 1.54) is 30.3 Å². The van der Waals surface area contributed by atoms with Gasteiger partial charge in [0.2, 0.25) is 0 Å². The number of amides is 2. The Bertz CT molecular complexity index is 1080. The first-order chi connectivity index (χ1) is 14.8. The van der Waals surface area contributed by atoms with Gasteiger partial charge in [0.25, 0.3) is 5.72 Å². The van der Waals surface area contributed by atoms with Crippen LogP contribution in [0.5, 0.6) is 5.75 Å². The largest absolute Gasteiger partial charge is 0.502 e. The van der Waals surface area contributed by atoms with Crippen LogP contribution in [0.1, 0.15) is 22.0 Å². The van der Waals surface area contributed by atoms with E-state index in [0.717, 1.165) is 30.1 Å². The number of carbonyl (C=O) groups is 2. The first kappa shape index (κ1) is 23.0. The highest BCUT2D eigenvalue weighted by Crippen LogP contribution is 2.50. The standard InChI is InChI=1S/C20H18F3N3O6/c1-24-16(12-8-9-14(27)13(10-12)26(31)32)15(17(28)11-6-4-3-5-7-11)19(30,20(21,22)23)25(2)18(24)29/h3-10,15-16,27,30H,1-2H3. The highest BCUT2D eigenvalue weighted by atomic mass is 19.4. The molecule has 1 fully saturated rings. The third-order valence-electron chi connectivity index (χ3n) is 5.56. The molecule has 2 N–H and O–H groups in total. The lowest BCUT2D eigenvalue weighted by Gasteiger charge is -2.53. The molecule has 1 saturated heterocycles. The SMILES string of the molecule is CN1C(=O)N(C)C(O)(C(F)(F)F)C(C(=O)c2ccccc2)C1c1ccc(O)c([N+](=O)[O-])c1. The molecule has 0 radical (unpaired) electrons. The molecule has 0 bridgehead atoms. The van der Waals surface area contributed by atoms with Gasteiger partial charge in [0, 0.05) is 25.7 Å². The molecule has 12 heteroatoms. The van der Waals surface area contributed by atoms with E-state index in [1.807, 2.05) is 0 Å². The van der Waals surface area contributed by atoms with Gasteiger partial charge in [-0.3, -0.25) is 19.8 Å². The zero-order chi connectivity index (χ0) is 24.0. The number of phenols is 1. The highest BCUT2D eigenvalue weighted by Gasteiger charge is 2.70. The number of hydrogen-bond acceptors (Lipinski definition) is 6. The monoisotopic (exact) mass is 453 g/mol. The Labute approximate surface area is 179 Å². The summed E-state index contributed by atoms with van der Waals surface area (Å²) in [6.45, 7) is 0. The maximum absolute atomic E-state index is 14.2. The van der Waals surface area contributed by atoms with E-state index < -0.39 is 52.0 Å². The van der Waals surface area contributed by atoms with Crippen LogP contribution in [-0.2, 0) is 0 Å². The zero-order valence-electron chi connectivity index (χ0n) is 16.8. The topological polar surface area (TPSA) is 124 Å². The Balaban J connectivity index is 2.31. The van der Waals surface area contributed by atoms with Gasteiger partial charge >= 0.3 is 17.9 Å². The number of halogens is 3. The fraction of sp³-hybridized carbons (Fsp3) is 0.300. The van der Waals surface area contributed by atoms with Crippen LogP contribution in [0.4, 0.5) is 23.7 Å². The molecular weight excluding hydrogens is 435 g/mol. The van der Waals surface area contributed by atoms with Gasteiger partial charge < -0.3 is 15.1 Å². The lowest BCUT2D eigenvalue weighted by atomic mass is 9.75.